The average molecular weight is 198 g/mol. The fourth-order valence-corrected chi connectivity index (χ4v) is 0.918. The van der Waals surface area contributed by atoms with Gasteiger partial charge in [-0.25, -0.2) is 4.79 Å². The lowest BCUT2D eigenvalue weighted by Gasteiger charge is -2.01. The molecule has 1 aromatic rings. The van der Waals surface area contributed by atoms with E-state index in [-0.39, 0.29) is 11.3 Å². The Labute approximate surface area is 77.7 Å². The Morgan fingerprint density at radius 2 is 2.14 bits per heavy atom. The molecule has 0 heterocycles. The van der Waals surface area contributed by atoms with Crippen molar-refractivity contribution in [1.29, 1.82) is 0 Å². The van der Waals surface area contributed by atoms with Crippen molar-refractivity contribution in [2.75, 3.05) is 5.48 Å². The molecular formula is C7H6N2O5. The van der Waals surface area contributed by atoms with Gasteiger partial charge < -0.3 is 5.11 Å². The zero-order chi connectivity index (χ0) is 10.7. The first-order valence-electron chi connectivity index (χ1n) is 3.48. The van der Waals surface area contributed by atoms with Gasteiger partial charge in [0.1, 0.15) is 5.69 Å². The molecule has 1 aromatic carbocycles. The maximum atomic E-state index is 10.5. The second-order valence-electron chi connectivity index (χ2n) is 2.41. The second-order valence-corrected chi connectivity index (χ2v) is 2.41. The van der Waals surface area contributed by atoms with E-state index in [1.165, 1.54) is 0 Å². The molecule has 0 unspecified atom stereocenters. The van der Waals surface area contributed by atoms with Crippen LogP contribution >= 0.6 is 0 Å². The fraction of sp³-hybridized carbons (Fsp3) is 0. The van der Waals surface area contributed by atoms with E-state index in [0.29, 0.717) is 0 Å². The van der Waals surface area contributed by atoms with Gasteiger partial charge in [-0.05, 0) is 12.1 Å². The number of anilines is 1. The van der Waals surface area contributed by atoms with Gasteiger partial charge in [-0.3, -0.25) is 20.8 Å². The SMILES string of the molecule is O=C(O)c1ccc([N+](=O)[O-])c(NO)c1. The van der Waals surface area contributed by atoms with E-state index < -0.39 is 16.6 Å². The Hall–Kier alpha value is -2.15. The Morgan fingerprint density at radius 1 is 1.50 bits per heavy atom. The summed E-state index contributed by atoms with van der Waals surface area (Å²) in [5.74, 6) is -1.23. The molecule has 0 atom stereocenters. The van der Waals surface area contributed by atoms with Crippen molar-refractivity contribution >= 4 is 17.3 Å². The van der Waals surface area contributed by atoms with Gasteiger partial charge in [0.2, 0.25) is 0 Å². The van der Waals surface area contributed by atoms with E-state index in [0.717, 1.165) is 18.2 Å². The van der Waals surface area contributed by atoms with Crippen LogP contribution in [0.15, 0.2) is 18.2 Å². The van der Waals surface area contributed by atoms with E-state index >= 15 is 0 Å². The minimum absolute atomic E-state index is 0.146. The largest absolute Gasteiger partial charge is 0.478 e. The number of aromatic carboxylic acids is 1. The summed E-state index contributed by atoms with van der Waals surface area (Å²) in [4.78, 5) is 20.1. The molecule has 0 aliphatic carbocycles. The van der Waals surface area contributed by atoms with Gasteiger partial charge in [0, 0.05) is 6.07 Å². The van der Waals surface area contributed by atoms with E-state index in [1.807, 2.05) is 0 Å². The normalized spacial score (nSPS) is 9.50. The summed E-state index contributed by atoms with van der Waals surface area (Å²) in [6.07, 6.45) is 0. The third-order valence-electron chi connectivity index (χ3n) is 1.56. The van der Waals surface area contributed by atoms with Crippen LogP contribution in [0.1, 0.15) is 10.4 Å². The van der Waals surface area contributed by atoms with Crippen LogP contribution in [0.3, 0.4) is 0 Å². The standard InChI is InChI=1S/C7H6N2O5/c10-7(11)4-1-2-6(9(13)14)5(3-4)8-12/h1-3,8,12H,(H,10,11). The highest BCUT2D eigenvalue weighted by Gasteiger charge is 2.15. The van der Waals surface area contributed by atoms with Crippen molar-refractivity contribution in [3.8, 4) is 0 Å². The third kappa shape index (κ3) is 1.77. The number of rotatable bonds is 3. The monoisotopic (exact) mass is 198 g/mol. The van der Waals surface area contributed by atoms with Crippen LogP contribution in [0.2, 0.25) is 0 Å². The summed E-state index contributed by atoms with van der Waals surface area (Å²) in [5, 5.41) is 27.4. The maximum Gasteiger partial charge on any atom is 0.335 e. The molecule has 7 heteroatoms. The summed E-state index contributed by atoms with van der Waals surface area (Å²) in [7, 11) is 0. The molecule has 7 nitrogen and oxygen atoms in total. The maximum absolute atomic E-state index is 10.5. The predicted octanol–water partition coefficient (Wildman–Crippen LogP) is 1.09. The first-order valence-corrected chi connectivity index (χ1v) is 3.48. The van der Waals surface area contributed by atoms with Crippen molar-refractivity contribution in [2.45, 2.75) is 0 Å². The summed E-state index contributed by atoms with van der Waals surface area (Å²) in [6.45, 7) is 0. The predicted molar refractivity (Wildman–Crippen MR) is 45.5 cm³/mol. The third-order valence-corrected chi connectivity index (χ3v) is 1.56. The van der Waals surface area contributed by atoms with Crippen LogP contribution < -0.4 is 5.48 Å². The van der Waals surface area contributed by atoms with Crippen molar-refractivity contribution in [2.24, 2.45) is 0 Å². The van der Waals surface area contributed by atoms with E-state index in [4.69, 9.17) is 10.3 Å². The topological polar surface area (TPSA) is 113 Å². The molecule has 0 bridgehead atoms. The van der Waals surface area contributed by atoms with Crippen molar-refractivity contribution in [3.63, 3.8) is 0 Å². The van der Waals surface area contributed by atoms with E-state index in [9.17, 15) is 14.9 Å². The minimum atomic E-state index is -1.23. The minimum Gasteiger partial charge on any atom is -0.478 e. The van der Waals surface area contributed by atoms with Crippen LogP contribution in [-0.4, -0.2) is 21.2 Å². The number of nitro benzene ring substituents is 1. The molecule has 0 saturated carbocycles. The van der Waals surface area contributed by atoms with Crippen molar-refractivity contribution in [1.82, 2.24) is 0 Å². The van der Waals surface area contributed by atoms with Crippen LogP contribution in [0.4, 0.5) is 11.4 Å². The Balaban J connectivity index is 3.25. The molecule has 0 aliphatic rings. The Kier molecular flexibility index (Phi) is 2.63. The average Bonchev–Trinajstić information content (AvgIpc) is 2.16. The molecule has 0 spiro atoms. The van der Waals surface area contributed by atoms with E-state index in [1.54, 1.807) is 5.48 Å². The number of benzene rings is 1. The van der Waals surface area contributed by atoms with Crippen LogP contribution in [0.5, 0.6) is 0 Å². The van der Waals surface area contributed by atoms with Crippen LogP contribution in [0.25, 0.3) is 0 Å². The van der Waals surface area contributed by atoms with Gasteiger partial charge in [-0.15, -0.1) is 0 Å². The summed E-state index contributed by atoms with van der Waals surface area (Å²) < 4.78 is 0. The molecule has 0 aromatic heterocycles. The lowest BCUT2D eigenvalue weighted by molar-refractivity contribution is -0.384. The number of nitrogens with zero attached hydrogens (tertiary/aromatic N) is 1. The molecule has 0 radical (unpaired) electrons. The molecule has 0 aliphatic heterocycles. The summed E-state index contributed by atoms with van der Waals surface area (Å²) in [5.41, 5.74) is 0.775. The molecule has 14 heavy (non-hydrogen) atoms. The van der Waals surface area contributed by atoms with Gasteiger partial charge in [-0.2, -0.15) is 0 Å². The molecule has 0 fully saturated rings. The molecule has 0 saturated heterocycles. The van der Waals surface area contributed by atoms with Crippen LogP contribution in [0, 0.1) is 10.1 Å². The van der Waals surface area contributed by atoms with Crippen LogP contribution in [-0.2, 0) is 0 Å². The molecule has 74 valence electrons. The number of carbonyl (C=O) groups is 1. The highest BCUT2D eigenvalue weighted by molar-refractivity contribution is 5.89. The zero-order valence-electron chi connectivity index (χ0n) is 6.80. The van der Waals surface area contributed by atoms with Crippen molar-refractivity contribution in [3.05, 3.63) is 33.9 Å². The number of hydrogen-bond donors (Lipinski definition) is 3. The number of carboxylic acids is 1. The first kappa shape index (κ1) is 9.93. The molecule has 1 rings (SSSR count). The first-order chi connectivity index (χ1) is 6.56. The molecule has 3 N–H and O–H groups in total. The Bertz CT molecular complexity index is 390. The van der Waals surface area contributed by atoms with Gasteiger partial charge in [0.05, 0.1) is 10.5 Å². The summed E-state index contributed by atoms with van der Waals surface area (Å²) in [6, 6.07) is 3.06. The van der Waals surface area contributed by atoms with Gasteiger partial charge in [0.15, 0.2) is 0 Å². The lowest BCUT2D eigenvalue weighted by Crippen LogP contribution is -2.01. The Morgan fingerprint density at radius 3 is 2.57 bits per heavy atom. The molecular weight excluding hydrogens is 192 g/mol. The highest BCUT2D eigenvalue weighted by atomic mass is 16.6. The number of carboxylic acid groups (broad SMARTS) is 1. The smallest absolute Gasteiger partial charge is 0.335 e. The summed E-state index contributed by atoms with van der Waals surface area (Å²) >= 11 is 0. The molecule has 0 amide bonds. The van der Waals surface area contributed by atoms with Gasteiger partial charge in [-0.1, -0.05) is 0 Å². The van der Waals surface area contributed by atoms with Gasteiger partial charge >= 0.3 is 5.97 Å². The fourth-order valence-electron chi connectivity index (χ4n) is 0.918. The number of nitrogens with one attached hydrogen (secondary N) is 1. The lowest BCUT2D eigenvalue weighted by atomic mass is 10.2. The van der Waals surface area contributed by atoms with Gasteiger partial charge in [0.25, 0.3) is 5.69 Å². The number of nitro groups is 1. The second kappa shape index (κ2) is 3.71. The number of hydrogen-bond acceptors (Lipinski definition) is 5. The zero-order valence-corrected chi connectivity index (χ0v) is 6.80. The van der Waals surface area contributed by atoms with E-state index in [2.05, 4.69) is 0 Å². The quantitative estimate of drug-likeness (QED) is 0.495. The highest BCUT2D eigenvalue weighted by Crippen LogP contribution is 2.24. The van der Waals surface area contributed by atoms with Crippen molar-refractivity contribution < 1.29 is 20.0 Å².